The van der Waals surface area contributed by atoms with Gasteiger partial charge in [-0.15, -0.1) is 0 Å². The molecule has 5 heteroatoms. The van der Waals surface area contributed by atoms with E-state index in [-0.39, 0.29) is 18.3 Å². The SMILES string of the molecule is CC(C)O[B-](OC(C)C)(OC(C)C)c1ccoc1. The van der Waals surface area contributed by atoms with Crippen LogP contribution >= 0.6 is 0 Å². The number of rotatable bonds is 7. The lowest BCUT2D eigenvalue weighted by Gasteiger charge is -2.45. The van der Waals surface area contributed by atoms with Crippen LogP contribution in [0.2, 0.25) is 0 Å². The van der Waals surface area contributed by atoms with Gasteiger partial charge >= 0.3 is 6.75 Å². The molecule has 104 valence electrons. The average molecular weight is 255 g/mol. The highest BCUT2D eigenvalue weighted by molar-refractivity contribution is 6.75. The summed E-state index contributed by atoms with van der Waals surface area (Å²) in [6.07, 6.45) is 3.21. The molecule has 1 heterocycles. The third-order valence-corrected chi connectivity index (χ3v) is 2.31. The van der Waals surface area contributed by atoms with Crippen molar-refractivity contribution in [3.8, 4) is 0 Å². The first kappa shape index (κ1) is 15.3. The van der Waals surface area contributed by atoms with Crippen LogP contribution in [0.25, 0.3) is 0 Å². The van der Waals surface area contributed by atoms with Crippen molar-refractivity contribution < 1.29 is 18.4 Å². The molecule has 0 atom stereocenters. The fourth-order valence-corrected chi connectivity index (χ4v) is 1.88. The van der Waals surface area contributed by atoms with Crippen LogP contribution in [0, 0.1) is 0 Å². The zero-order chi connectivity index (χ0) is 13.8. The Hall–Kier alpha value is -0.775. The summed E-state index contributed by atoms with van der Waals surface area (Å²) < 4.78 is 23.0. The summed E-state index contributed by atoms with van der Waals surface area (Å²) in [7, 11) is 0. The van der Waals surface area contributed by atoms with E-state index in [0.29, 0.717) is 0 Å². The highest BCUT2D eigenvalue weighted by atomic mass is 16.8. The van der Waals surface area contributed by atoms with Gasteiger partial charge in [-0.2, -0.15) is 0 Å². The van der Waals surface area contributed by atoms with Gasteiger partial charge in [-0.3, -0.25) is 0 Å². The molecule has 0 aliphatic heterocycles. The van der Waals surface area contributed by atoms with E-state index in [4.69, 9.17) is 18.4 Å². The van der Waals surface area contributed by atoms with Gasteiger partial charge in [0.1, 0.15) is 0 Å². The molecular formula is C13H24BO4-. The molecule has 0 aliphatic carbocycles. The van der Waals surface area contributed by atoms with Crippen molar-refractivity contribution in [2.45, 2.75) is 59.9 Å². The maximum absolute atomic E-state index is 5.96. The Bertz CT molecular complexity index is 306. The lowest BCUT2D eigenvalue weighted by atomic mass is 9.69. The van der Waals surface area contributed by atoms with Crippen molar-refractivity contribution in [1.29, 1.82) is 0 Å². The average Bonchev–Trinajstić information content (AvgIpc) is 2.65. The van der Waals surface area contributed by atoms with E-state index in [1.165, 1.54) is 0 Å². The highest BCUT2D eigenvalue weighted by Crippen LogP contribution is 2.18. The molecule has 0 bridgehead atoms. The molecule has 0 aromatic carbocycles. The number of hydrogen-bond donors (Lipinski definition) is 0. The van der Waals surface area contributed by atoms with Crippen LogP contribution in [-0.2, 0) is 14.0 Å². The minimum atomic E-state index is -1.97. The van der Waals surface area contributed by atoms with Gasteiger partial charge in [0.2, 0.25) is 0 Å². The minimum absolute atomic E-state index is 0.00241. The van der Waals surface area contributed by atoms with Crippen LogP contribution in [0.4, 0.5) is 0 Å². The van der Waals surface area contributed by atoms with E-state index in [1.54, 1.807) is 12.5 Å². The van der Waals surface area contributed by atoms with Crippen LogP contribution in [0.3, 0.4) is 0 Å². The molecule has 0 saturated heterocycles. The summed E-state index contributed by atoms with van der Waals surface area (Å²) in [5.41, 5.74) is 0.797. The second-order valence-electron chi connectivity index (χ2n) is 5.25. The molecule has 0 aliphatic rings. The van der Waals surface area contributed by atoms with Gasteiger partial charge in [0.15, 0.2) is 0 Å². The smallest absolute Gasteiger partial charge is 0.413 e. The van der Waals surface area contributed by atoms with Crippen molar-refractivity contribution in [3.05, 3.63) is 18.6 Å². The first-order valence-corrected chi connectivity index (χ1v) is 6.55. The van der Waals surface area contributed by atoms with Crippen LogP contribution in [0.1, 0.15) is 41.5 Å². The molecule has 18 heavy (non-hydrogen) atoms. The molecule has 4 nitrogen and oxygen atoms in total. The maximum Gasteiger partial charge on any atom is 0.413 e. The maximum atomic E-state index is 5.96. The second-order valence-corrected chi connectivity index (χ2v) is 5.25. The third-order valence-electron chi connectivity index (χ3n) is 2.31. The monoisotopic (exact) mass is 255 g/mol. The lowest BCUT2D eigenvalue weighted by Crippen LogP contribution is -2.59. The van der Waals surface area contributed by atoms with Gasteiger partial charge in [0.25, 0.3) is 0 Å². The molecule has 1 rings (SSSR count). The van der Waals surface area contributed by atoms with E-state index in [2.05, 4.69) is 0 Å². The molecule has 0 unspecified atom stereocenters. The molecule has 1 aromatic heterocycles. The summed E-state index contributed by atoms with van der Waals surface area (Å²) in [4.78, 5) is 0. The zero-order valence-corrected chi connectivity index (χ0v) is 12.2. The summed E-state index contributed by atoms with van der Waals surface area (Å²) in [5, 5.41) is 0. The van der Waals surface area contributed by atoms with E-state index in [0.717, 1.165) is 5.46 Å². The lowest BCUT2D eigenvalue weighted by molar-refractivity contribution is 0.0153. The largest absolute Gasteiger partial charge is 0.538 e. The van der Waals surface area contributed by atoms with Gasteiger partial charge in [0, 0.05) is 18.3 Å². The van der Waals surface area contributed by atoms with Crippen LogP contribution < -0.4 is 5.46 Å². The van der Waals surface area contributed by atoms with Crippen molar-refractivity contribution in [2.24, 2.45) is 0 Å². The fraction of sp³-hybridized carbons (Fsp3) is 0.692. The van der Waals surface area contributed by atoms with Crippen molar-refractivity contribution >= 4 is 12.2 Å². The van der Waals surface area contributed by atoms with Crippen LogP contribution in [0.15, 0.2) is 23.0 Å². The van der Waals surface area contributed by atoms with Gasteiger partial charge in [-0.25, -0.2) is 0 Å². The van der Waals surface area contributed by atoms with Crippen molar-refractivity contribution in [2.75, 3.05) is 0 Å². The predicted octanol–water partition coefficient (Wildman–Crippen LogP) is 2.70. The topological polar surface area (TPSA) is 40.8 Å². The Morgan fingerprint density at radius 3 is 1.61 bits per heavy atom. The molecule has 0 saturated carbocycles. The summed E-state index contributed by atoms with van der Waals surface area (Å²) >= 11 is 0. The van der Waals surface area contributed by atoms with Gasteiger partial charge in [0.05, 0.1) is 12.5 Å². The Morgan fingerprint density at radius 2 is 1.33 bits per heavy atom. The quantitative estimate of drug-likeness (QED) is 0.702. The summed E-state index contributed by atoms with van der Waals surface area (Å²) in [6.45, 7) is 9.80. The van der Waals surface area contributed by atoms with Crippen LogP contribution in [0.5, 0.6) is 0 Å². The third kappa shape index (κ3) is 4.16. The normalized spacial score (nSPS) is 12.9. The standard InChI is InChI=1S/C13H24BO4/c1-10(2)16-14(17-11(3)4,18-12(5)6)13-7-8-15-9-13/h7-12H,1-6H3/q-1. The van der Waals surface area contributed by atoms with Crippen molar-refractivity contribution in [1.82, 2.24) is 0 Å². The molecular weight excluding hydrogens is 231 g/mol. The number of hydrogen-bond acceptors (Lipinski definition) is 4. The van der Waals surface area contributed by atoms with E-state index in [1.807, 2.05) is 47.6 Å². The second kappa shape index (κ2) is 6.41. The molecule has 1 aromatic rings. The molecule has 0 fully saturated rings. The predicted molar refractivity (Wildman–Crippen MR) is 72.8 cm³/mol. The summed E-state index contributed by atoms with van der Waals surface area (Å²) in [5.74, 6) is 0. The first-order chi connectivity index (χ1) is 8.35. The Labute approximate surface area is 110 Å². The van der Waals surface area contributed by atoms with Crippen molar-refractivity contribution in [3.63, 3.8) is 0 Å². The Balaban J connectivity index is 3.07. The highest BCUT2D eigenvalue weighted by Gasteiger charge is 2.35. The minimum Gasteiger partial charge on any atom is -0.538 e. The molecule has 0 spiro atoms. The number of furan rings is 1. The Morgan fingerprint density at radius 1 is 0.889 bits per heavy atom. The van der Waals surface area contributed by atoms with Gasteiger partial charge in [-0.05, 0) is 41.5 Å². The molecule has 0 amide bonds. The van der Waals surface area contributed by atoms with Gasteiger partial charge in [-0.1, -0.05) is 11.5 Å². The molecule has 0 radical (unpaired) electrons. The van der Waals surface area contributed by atoms with E-state index in [9.17, 15) is 0 Å². The van der Waals surface area contributed by atoms with Gasteiger partial charge < -0.3 is 18.4 Å². The molecule has 0 N–H and O–H groups in total. The zero-order valence-electron chi connectivity index (χ0n) is 12.2. The summed E-state index contributed by atoms with van der Waals surface area (Å²) in [6, 6.07) is 1.83. The van der Waals surface area contributed by atoms with E-state index < -0.39 is 6.75 Å². The Kier molecular flexibility index (Phi) is 5.44. The van der Waals surface area contributed by atoms with Crippen LogP contribution in [-0.4, -0.2) is 25.1 Å². The fourth-order valence-electron chi connectivity index (χ4n) is 1.88. The van der Waals surface area contributed by atoms with E-state index >= 15 is 0 Å². The first-order valence-electron chi connectivity index (χ1n) is 6.55.